The molecule has 0 spiro atoms. The third-order valence-corrected chi connectivity index (χ3v) is 2.45. The highest BCUT2D eigenvalue weighted by atomic mass is 16.5. The number of hydrogen-bond acceptors (Lipinski definition) is 2. The zero-order valence-corrected chi connectivity index (χ0v) is 11.0. The van der Waals surface area contributed by atoms with Gasteiger partial charge in [0, 0.05) is 6.54 Å². The number of rotatable bonds is 5. The van der Waals surface area contributed by atoms with Crippen LogP contribution in [0.4, 0.5) is 0 Å². The maximum absolute atomic E-state index is 11.7. The summed E-state index contributed by atoms with van der Waals surface area (Å²) in [7, 11) is 0. The predicted octanol–water partition coefficient (Wildman–Crippen LogP) is 2.53. The molecule has 0 fully saturated rings. The summed E-state index contributed by atoms with van der Waals surface area (Å²) in [6.45, 7) is 8.54. The maximum atomic E-state index is 11.7. The number of benzene rings is 1. The number of nitrogens with one attached hydrogen (secondary N) is 1. The first-order valence-corrected chi connectivity index (χ1v) is 6.00. The smallest absolute Gasteiger partial charge is 0.260 e. The largest absolute Gasteiger partial charge is 0.481 e. The Bertz CT molecular complexity index is 374. The van der Waals surface area contributed by atoms with Gasteiger partial charge in [-0.1, -0.05) is 32.0 Å². The predicted molar refractivity (Wildman–Crippen MR) is 69.1 cm³/mol. The van der Waals surface area contributed by atoms with Crippen LogP contribution in [-0.2, 0) is 4.79 Å². The van der Waals surface area contributed by atoms with Gasteiger partial charge in [0.1, 0.15) is 5.75 Å². The van der Waals surface area contributed by atoms with Gasteiger partial charge in [0.25, 0.3) is 5.91 Å². The molecule has 0 aliphatic heterocycles. The molecule has 0 heterocycles. The summed E-state index contributed by atoms with van der Waals surface area (Å²) in [5.74, 6) is 1.14. The minimum Gasteiger partial charge on any atom is -0.481 e. The van der Waals surface area contributed by atoms with E-state index in [1.807, 2.05) is 31.2 Å². The molecule has 3 nitrogen and oxygen atoms in total. The summed E-state index contributed by atoms with van der Waals surface area (Å²) in [5.41, 5.74) is 1.04. The average Bonchev–Trinajstić information content (AvgIpc) is 2.28. The van der Waals surface area contributed by atoms with E-state index in [0.717, 1.165) is 11.3 Å². The lowest BCUT2D eigenvalue weighted by atomic mass is 10.2. The second-order valence-corrected chi connectivity index (χ2v) is 4.66. The first-order valence-electron chi connectivity index (χ1n) is 6.00. The molecule has 1 unspecified atom stereocenters. The number of amides is 1. The molecule has 0 aliphatic rings. The number of aryl methyl sites for hydroxylation is 1. The van der Waals surface area contributed by atoms with E-state index in [-0.39, 0.29) is 5.91 Å². The fraction of sp³-hybridized carbons (Fsp3) is 0.500. The fourth-order valence-corrected chi connectivity index (χ4v) is 1.38. The first kappa shape index (κ1) is 13.6. The molecule has 0 aromatic heterocycles. The van der Waals surface area contributed by atoms with Crippen molar-refractivity contribution in [1.82, 2.24) is 5.32 Å². The van der Waals surface area contributed by atoms with Gasteiger partial charge in [0.15, 0.2) is 6.10 Å². The Morgan fingerprint density at radius 1 is 1.29 bits per heavy atom. The van der Waals surface area contributed by atoms with Crippen molar-refractivity contribution in [3.8, 4) is 5.75 Å². The van der Waals surface area contributed by atoms with E-state index in [9.17, 15) is 4.79 Å². The van der Waals surface area contributed by atoms with Crippen LogP contribution in [0.1, 0.15) is 26.3 Å². The van der Waals surface area contributed by atoms with Gasteiger partial charge >= 0.3 is 0 Å². The summed E-state index contributed by atoms with van der Waals surface area (Å²) >= 11 is 0. The monoisotopic (exact) mass is 235 g/mol. The molecule has 1 atom stereocenters. The number of carbonyl (C=O) groups excluding carboxylic acids is 1. The summed E-state index contributed by atoms with van der Waals surface area (Å²) in [6, 6.07) is 7.70. The van der Waals surface area contributed by atoms with Crippen LogP contribution in [0.2, 0.25) is 0 Å². The second kappa shape index (κ2) is 6.28. The Hall–Kier alpha value is -1.51. The van der Waals surface area contributed by atoms with Crippen LogP contribution in [0.3, 0.4) is 0 Å². The number of hydrogen-bond donors (Lipinski definition) is 1. The van der Waals surface area contributed by atoms with Crippen molar-refractivity contribution in [1.29, 1.82) is 0 Å². The van der Waals surface area contributed by atoms with Crippen molar-refractivity contribution < 1.29 is 9.53 Å². The second-order valence-electron chi connectivity index (χ2n) is 4.66. The maximum Gasteiger partial charge on any atom is 0.260 e. The molecular formula is C14H21NO2. The van der Waals surface area contributed by atoms with E-state index in [1.54, 1.807) is 6.92 Å². The SMILES string of the molecule is Cc1ccccc1OC(C)C(=O)NCC(C)C. The van der Waals surface area contributed by atoms with Gasteiger partial charge < -0.3 is 10.1 Å². The van der Waals surface area contributed by atoms with E-state index in [1.165, 1.54) is 0 Å². The van der Waals surface area contributed by atoms with Crippen molar-refractivity contribution in [3.63, 3.8) is 0 Å². The van der Waals surface area contributed by atoms with Crippen LogP contribution in [0, 0.1) is 12.8 Å². The number of carbonyl (C=O) groups is 1. The molecule has 1 rings (SSSR count). The standard InChI is InChI=1S/C14H21NO2/c1-10(2)9-15-14(16)12(4)17-13-8-6-5-7-11(13)3/h5-8,10,12H,9H2,1-4H3,(H,15,16). The van der Waals surface area contributed by atoms with Gasteiger partial charge in [-0.3, -0.25) is 4.79 Å². The summed E-state index contributed by atoms with van der Waals surface area (Å²) < 4.78 is 5.63. The Balaban J connectivity index is 2.51. The van der Waals surface area contributed by atoms with Crippen molar-refractivity contribution in [2.75, 3.05) is 6.54 Å². The molecule has 0 saturated heterocycles. The fourth-order valence-electron chi connectivity index (χ4n) is 1.38. The van der Waals surface area contributed by atoms with E-state index in [4.69, 9.17) is 4.74 Å². The van der Waals surface area contributed by atoms with Gasteiger partial charge in [0.05, 0.1) is 0 Å². The zero-order chi connectivity index (χ0) is 12.8. The lowest BCUT2D eigenvalue weighted by Gasteiger charge is -2.16. The molecule has 1 amide bonds. The zero-order valence-electron chi connectivity index (χ0n) is 11.0. The molecule has 0 bridgehead atoms. The van der Waals surface area contributed by atoms with Crippen LogP contribution in [-0.4, -0.2) is 18.6 Å². The van der Waals surface area contributed by atoms with Gasteiger partial charge in [-0.15, -0.1) is 0 Å². The molecule has 0 saturated carbocycles. The molecular weight excluding hydrogens is 214 g/mol. The Labute approximate surface area is 103 Å². The molecule has 1 aromatic carbocycles. The summed E-state index contributed by atoms with van der Waals surface area (Å²) in [4.78, 5) is 11.7. The molecule has 17 heavy (non-hydrogen) atoms. The summed E-state index contributed by atoms with van der Waals surface area (Å²) in [6.07, 6.45) is -0.463. The third kappa shape index (κ3) is 4.47. The van der Waals surface area contributed by atoms with Gasteiger partial charge in [-0.25, -0.2) is 0 Å². The average molecular weight is 235 g/mol. The minimum absolute atomic E-state index is 0.0676. The molecule has 3 heteroatoms. The third-order valence-electron chi connectivity index (χ3n) is 2.45. The topological polar surface area (TPSA) is 38.3 Å². The molecule has 0 radical (unpaired) electrons. The van der Waals surface area contributed by atoms with E-state index in [0.29, 0.717) is 12.5 Å². The molecule has 1 N–H and O–H groups in total. The lowest BCUT2D eigenvalue weighted by Crippen LogP contribution is -2.38. The van der Waals surface area contributed by atoms with E-state index >= 15 is 0 Å². The molecule has 94 valence electrons. The minimum atomic E-state index is -0.463. The Morgan fingerprint density at radius 2 is 1.94 bits per heavy atom. The summed E-state index contributed by atoms with van der Waals surface area (Å²) in [5, 5.41) is 2.86. The van der Waals surface area contributed by atoms with Gasteiger partial charge in [-0.05, 0) is 31.4 Å². The van der Waals surface area contributed by atoms with Crippen LogP contribution in [0.15, 0.2) is 24.3 Å². The molecule has 0 aliphatic carbocycles. The highest BCUT2D eigenvalue weighted by Gasteiger charge is 2.15. The number of ether oxygens (including phenoxy) is 1. The van der Waals surface area contributed by atoms with Crippen molar-refractivity contribution in [2.24, 2.45) is 5.92 Å². The van der Waals surface area contributed by atoms with E-state index < -0.39 is 6.10 Å². The van der Waals surface area contributed by atoms with Gasteiger partial charge in [-0.2, -0.15) is 0 Å². The van der Waals surface area contributed by atoms with Crippen LogP contribution < -0.4 is 10.1 Å². The Morgan fingerprint density at radius 3 is 2.53 bits per heavy atom. The highest BCUT2D eigenvalue weighted by Crippen LogP contribution is 2.17. The Kier molecular flexibility index (Phi) is 5.01. The van der Waals surface area contributed by atoms with Crippen LogP contribution in [0.5, 0.6) is 5.75 Å². The van der Waals surface area contributed by atoms with Crippen molar-refractivity contribution >= 4 is 5.91 Å². The molecule has 1 aromatic rings. The highest BCUT2D eigenvalue weighted by molar-refractivity contribution is 5.80. The van der Waals surface area contributed by atoms with E-state index in [2.05, 4.69) is 19.2 Å². The number of para-hydroxylation sites is 1. The first-order chi connectivity index (χ1) is 8.00. The normalized spacial score (nSPS) is 12.3. The lowest BCUT2D eigenvalue weighted by molar-refractivity contribution is -0.127. The van der Waals surface area contributed by atoms with Crippen LogP contribution in [0.25, 0.3) is 0 Å². The quantitative estimate of drug-likeness (QED) is 0.851. The van der Waals surface area contributed by atoms with Crippen molar-refractivity contribution in [2.45, 2.75) is 33.8 Å². The van der Waals surface area contributed by atoms with Crippen molar-refractivity contribution in [3.05, 3.63) is 29.8 Å². The van der Waals surface area contributed by atoms with Crippen LogP contribution >= 0.6 is 0 Å². The van der Waals surface area contributed by atoms with Gasteiger partial charge in [0.2, 0.25) is 0 Å².